The van der Waals surface area contributed by atoms with Crippen molar-refractivity contribution in [2.45, 2.75) is 13.8 Å². The first-order valence-electron chi connectivity index (χ1n) is 7.73. The van der Waals surface area contributed by atoms with E-state index >= 15 is 0 Å². The summed E-state index contributed by atoms with van der Waals surface area (Å²) in [5.41, 5.74) is 2.39. The first kappa shape index (κ1) is 17.4. The van der Waals surface area contributed by atoms with Crippen LogP contribution in [0.15, 0.2) is 48.7 Å². The quantitative estimate of drug-likeness (QED) is 0.601. The van der Waals surface area contributed by atoms with Gasteiger partial charge in [-0.2, -0.15) is 0 Å². The van der Waals surface area contributed by atoms with E-state index < -0.39 is 11.9 Å². The molecule has 2 aromatic rings. The molecule has 0 unspecified atom stereocenters. The van der Waals surface area contributed by atoms with Crippen LogP contribution in [0, 0.1) is 0 Å². The molecule has 0 N–H and O–H groups in total. The second-order valence-corrected chi connectivity index (χ2v) is 4.79. The number of rotatable bonds is 6. The number of ether oxygens (including phenoxy) is 2. The van der Waals surface area contributed by atoms with Crippen LogP contribution in [-0.4, -0.2) is 30.1 Å². The van der Waals surface area contributed by atoms with Gasteiger partial charge in [-0.05, 0) is 37.1 Å². The molecule has 5 heteroatoms. The maximum absolute atomic E-state index is 12.2. The molecular weight excluding hydrogens is 306 g/mol. The largest absolute Gasteiger partial charge is 0.463 e. The lowest BCUT2D eigenvalue weighted by Crippen LogP contribution is -2.10. The second-order valence-electron chi connectivity index (χ2n) is 4.79. The number of benzene rings is 1. The van der Waals surface area contributed by atoms with Crippen LogP contribution in [-0.2, 0) is 14.3 Å². The first-order chi connectivity index (χ1) is 11.7. The summed E-state index contributed by atoms with van der Waals surface area (Å²) in [6, 6.07) is 11.4. The fraction of sp³-hybridized carbons (Fsp3) is 0.211. The summed E-state index contributed by atoms with van der Waals surface area (Å²) in [7, 11) is 0. The van der Waals surface area contributed by atoms with Crippen molar-refractivity contribution < 1.29 is 19.1 Å². The molecule has 1 aromatic carbocycles. The SMILES string of the molecule is CCOC(=O)/C=C/c1c(-c2ccccc2)ccnc1C(=O)OCC. The summed E-state index contributed by atoms with van der Waals surface area (Å²) in [6.45, 7) is 3.99. The number of esters is 2. The maximum Gasteiger partial charge on any atom is 0.357 e. The number of hydrogen-bond donors (Lipinski definition) is 0. The Morgan fingerprint density at radius 2 is 1.75 bits per heavy atom. The van der Waals surface area contributed by atoms with Crippen LogP contribution in [0.25, 0.3) is 17.2 Å². The predicted octanol–water partition coefficient (Wildman–Crippen LogP) is 3.50. The maximum atomic E-state index is 12.2. The molecule has 5 nitrogen and oxygen atoms in total. The molecule has 0 fully saturated rings. The van der Waals surface area contributed by atoms with Gasteiger partial charge in [0, 0.05) is 17.8 Å². The molecule has 0 atom stereocenters. The lowest BCUT2D eigenvalue weighted by molar-refractivity contribution is -0.137. The third-order valence-electron chi connectivity index (χ3n) is 3.22. The average molecular weight is 325 g/mol. The molecule has 0 saturated carbocycles. The molecule has 0 saturated heterocycles. The topological polar surface area (TPSA) is 65.5 Å². The van der Waals surface area contributed by atoms with Gasteiger partial charge in [0.25, 0.3) is 0 Å². The normalized spacial score (nSPS) is 10.6. The molecule has 1 aromatic heterocycles. The fourth-order valence-corrected chi connectivity index (χ4v) is 2.22. The Balaban J connectivity index is 2.52. The van der Waals surface area contributed by atoms with E-state index in [1.165, 1.54) is 6.08 Å². The van der Waals surface area contributed by atoms with Crippen molar-refractivity contribution in [1.82, 2.24) is 4.98 Å². The summed E-state index contributed by atoms with van der Waals surface area (Å²) in [6.07, 6.45) is 4.38. The Bertz CT molecular complexity index is 738. The van der Waals surface area contributed by atoms with Crippen molar-refractivity contribution in [2.24, 2.45) is 0 Å². The van der Waals surface area contributed by atoms with Crippen LogP contribution in [0.1, 0.15) is 29.9 Å². The molecule has 1 heterocycles. The van der Waals surface area contributed by atoms with Crippen LogP contribution in [0.5, 0.6) is 0 Å². The predicted molar refractivity (Wildman–Crippen MR) is 91.3 cm³/mol. The standard InChI is InChI=1S/C19H19NO4/c1-3-23-17(21)11-10-16-15(14-8-6-5-7-9-14)12-13-20-18(16)19(22)24-4-2/h5-13H,3-4H2,1-2H3/b11-10+. The Morgan fingerprint density at radius 3 is 2.42 bits per heavy atom. The zero-order chi connectivity index (χ0) is 17.4. The molecule has 0 aliphatic rings. The van der Waals surface area contributed by atoms with Crippen LogP contribution >= 0.6 is 0 Å². The van der Waals surface area contributed by atoms with Crippen LogP contribution in [0.2, 0.25) is 0 Å². The van der Waals surface area contributed by atoms with E-state index in [0.29, 0.717) is 5.56 Å². The van der Waals surface area contributed by atoms with E-state index in [9.17, 15) is 9.59 Å². The van der Waals surface area contributed by atoms with E-state index in [-0.39, 0.29) is 18.9 Å². The fourth-order valence-electron chi connectivity index (χ4n) is 2.22. The van der Waals surface area contributed by atoms with Gasteiger partial charge in [0.15, 0.2) is 5.69 Å². The Morgan fingerprint density at radius 1 is 1.04 bits per heavy atom. The average Bonchev–Trinajstić information content (AvgIpc) is 2.61. The van der Waals surface area contributed by atoms with E-state index in [0.717, 1.165) is 11.1 Å². The summed E-state index contributed by atoms with van der Waals surface area (Å²) >= 11 is 0. The second kappa shape index (κ2) is 8.62. The highest BCUT2D eigenvalue weighted by atomic mass is 16.5. The molecule has 0 aliphatic heterocycles. The minimum Gasteiger partial charge on any atom is -0.463 e. The number of hydrogen-bond acceptors (Lipinski definition) is 5. The molecule has 0 radical (unpaired) electrons. The lowest BCUT2D eigenvalue weighted by atomic mass is 9.98. The summed E-state index contributed by atoms with van der Waals surface area (Å²) in [5.74, 6) is -1.01. The van der Waals surface area contributed by atoms with Gasteiger partial charge in [-0.1, -0.05) is 30.3 Å². The van der Waals surface area contributed by atoms with Gasteiger partial charge in [0.2, 0.25) is 0 Å². The molecule has 0 amide bonds. The van der Waals surface area contributed by atoms with Crippen LogP contribution in [0.4, 0.5) is 0 Å². The first-order valence-corrected chi connectivity index (χ1v) is 7.73. The molecule has 0 bridgehead atoms. The lowest BCUT2D eigenvalue weighted by Gasteiger charge is -2.10. The van der Waals surface area contributed by atoms with E-state index in [4.69, 9.17) is 9.47 Å². The Labute approximate surface area is 140 Å². The highest BCUT2D eigenvalue weighted by Gasteiger charge is 2.17. The summed E-state index contributed by atoms with van der Waals surface area (Å²) < 4.78 is 9.96. The van der Waals surface area contributed by atoms with Crippen LogP contribution in [0.3, 0.4) is 0 Å². The highest BCUT2D eigenvalue weighted by molar-refractivity contribution is 5.97. The number of carbonyl (C=O) groups is 2. The van der Waals surface area contributed by atoms with E-state index in [2.05, 4.69) is 4.98 Å². The van der Waals surface area contributed by atoms with Crippen molar-refractivity contribution in [3.8, 4) is 11.1 Å². The third-order valence-corrected chi connectivity index (χ3v) is 3.22. The minimum atomic E-state index is -0.529. The molecule has 0 aliphatic carbocycles. The Kier molecular flexibility index (Phi) is 6.25. The van der Waals surface area contributed by atoms with Crippen molar-refractivity contribution in [2.75, 3.05) is 13.2 Å². The van der Waals surface area contributed by atoms with Gasteiger partial charge >= 0.3 is 11.9 Å². The minimum absolute atomic E-state index is 0.166. The molecule has 2 rings (SSSR count). The monoisotopic (exact) mass is 325 g/mol. The summed E-state index contributed by atoms with van der Waals surface area (Å²) in [4.78, 5) is 27.9. The van der Waals surface area contributed by atoms with E-state index in [1.54, 1.807) is 32.2 Å². The molecule has 124 valence electrons. The van der Waals surface area contributed by atoms with Gasteiger partial charge in [-0.25, -0.2) is 14.6 Å². The molecule has 0 spiro atoms. The third kappa shape index (κ3) is 4.29. The zero-order valence-corrected chi connectivity index (χ0v) is 13.7. The van der Waals surface area contributed by atoms with Gasteiger partial charge in [-0.15, -0.1) is 0 Å². The van der Waals surface area contributed by atoms with Crippen molar-refractivity contribution in [3.63, 3.8) is 0 Å². The highest BCUT2D eigenvalue weighted by Crippen LogP contribution is 2.26. The van der Waals surface area contributed by atoms with Crippen molar-refractivity contribution in [3.05, 3.63) is 59.9 Å². The van der Waals surface area contributed by atoms with Gasteiger partial charge < -0.3 is 9.47 Å². The summed E-state index contributed by atoms with van der Waals surface area (Å²) in [5, 5.41) is 0. The Hall–Kier alpha value is -2.95. The van der Waals surface area contributed by atoms with Crippen LogP contribution < -0.4 is 0 Å². The number of aromatic nitrogens is 1. The van der Waals surface area contributed by atoms with Gasteiger partial charge in [0.05, 0.1) is 13.2 Å². The van der Waals surface area contributed by atoms with Crippen molar-refractivity contribution in [1.29, 1.82) is 0 Å². The number of nitrogens with zero attached hydrogens (tertiary/aromatic N) is 1. The zero-order valence-electron chi connectivity index (χ0n) is 13.7. The molecule has 24 heavy (non-hydrogen) atoms. The van der Waals surface area contributed by atoms with Gasteiger partial charge in [0.1, 0.15) is 0 Å². The number of pyridine rings is 1. The molecular formula is C19H19NO4. The van der Waals surface area contributed by atoms with Crippen molar-refractivity contribution >= 4 is 18.0 Å². The van der Waals surface area contributed by atoms with Gasteiger partial charge in [-0.3, -0.25) is 0 Å². The number of carbonyl (C=O) groups excluding carboxylic acids is 2. The van der Waals surface area contributed by atoms with E-state index in [1.807, 2.05) is 30.3 Å². The smallest absolute Gasteiger partial charge is 0.357 e.